The van der Waals surface area contributed by atoms with Crippen molar-refractivity contribution in [2.24, 2.45) is 0 Å². The molecule has 1 aromatic heterocycles. The summed E-state index contributed by atoms with van der Waals surface area (Å²) >= 11 is 23.4. The molecule has 1 heterocycles. The summed E-state index contributed by atoms with van der Waals surface area (Å²) in [6.07, 6.45) is 2.94. The number of pyridine rings is 1. The molecule has 0 saturated heterocycles. The average Bonchev–Trinajstić information content (AvgIpc) is 2.58. The van der Waals surface area contributed by atoms with Gasteiger partial charge in [-0.05, 0) is 36.8 Å². The normalized spacial score (nSPS) is 12.0. The first-order valence-corrected chi connectivity index (χ1v) is 8.73. The van der Waals surface area contributed by atoms with Gasteiger partial charge in [0.1, 0.15) is 0 Å². The minimum absolute atomic E-state index is 0.121. The number of nitrogens with zero attached hydrogens (tertiary/aromatic N) is 1. The lowest BCUT2D eigenvalue weighted by Crippen LogP contribution is -2.29. The molecular weight excluding hydrogens is 422 g/mol. The Bertz CT molecular complexity index is 871. The number of hydrogen-bond donors (Lipinski definition) is 1. The third-order valence-corrected chi connectivity index (χ3v) is 4.30. The van der Waals surface area contributed by atoms with Gasteiger partial charge in [0.05, 0.1) is 20.1 Å². The van der Waals surface area contributed by atoms with Crippen molar-refractivity contribution in [1.82, 2.24) is 4.98 Å². The summed E-state index contributed by atoms with van der Waals surface area (Å²) in [5.74, 6) is -1.16. The molecule has 0 aliphatic carbocycles. The van der Waals surface area contributed by atoms with Gasteiger partial charge in [0.25, 0.3) is 5.91 Å². The molecule has 0 spiro atoms. The highest BCUT2D eigenvalue weighted by Crippen LogP contribution is 2.24. The first-order chi connectivity index (χ1) is 12.3. The third kappa shape index (κ3) is 5.88. The van der Waals surface area contributed by atoms with E-state index in [0.29, 0.717) is 20.6 Å². The number of benzene rings is 1. The van der Waals surface area contributed by atoms with Crippen molar-refractivity contribution in [1.29, 1.82) is 0 Å². The molecule has 0 radical (unpaired) electrons. The second kappa shape index (κ2) is 9.24. The topological polar surface area (TPSA) is 68.3 Å². The molecule has 1 N–H and O–H groups in total. The zero-order valence-electron chi connectivity index (χ0n) is 13.3. The quantitative estimate of drug-likeness (QED) is 0.514. The van der Waals surface area contributed by atoms with E-state index >= 15 is 0 Å². The smallest absolute Gasteiger partial charge is 0.331 e. The lowest BCUT2D eigenvalue weighted by atomic mass is 10.2. The molecule has 2 rings (SSSR count). The molecule has 136 valence electrons. The van der Waals surface area contributed by atoms with Crippen LogP contribution in [-0.4, -0.2) is 23.0 Å². The minimum Gasteiger partial charge on any atom is -0.449 e. The fourth-order valence-corrected chi connectivity index (χ4v) is 2.51. The molecule has 1 aromatic carbocycles. The number of esters is 1. The minimum atomic E-state index is -1.06. The molecular formula is C17H12Cl4N2O3. The van der Waals surface area contributed by atoms with E-state index in [0.717, 1.165) is 0 Å². The van der Waals surface area contributed by atoms with Crippen molar-refractivity contribution in [3.63, 3.8) is 0 Å². The van der Waals surface area contributed by atoms with E-state index in [1.807, 2.05) is 0 Å². The van der Waals surface area contributed by atoms with Crippen molar-refractivity contribution in [3.8, 4) is 0 Å². The van der Waals surface area contributed by atoms with Crippen molar-refractivity contribution in [2.75, 3.05) is 5.32 Å². The molecule has 0 fully saturated rings. The van der Waals surface area contributed by atoms with Gasteiger partial charge in [0, 0.05) is 12.3 Å². The summed E-state index contributed by atoms with van der Waals surface area (Å²) in [4.78, 5) is 27.8. The second-order valence-corrected chi connectivity index (χ2v) is 6.72. The Balaban J connectivity index is 1.94. The van der Waals surface area contributed by atoms with Gasteiger partial charge >= 0.3 is 5.97 Å². The van der Waals surface area contributed by atoms with Crippen LogP contribution in [0.2, 0.25) is 20.1 Å². The van der Waals surface area contributed by atoms with Gasteiger partial charge in [-0.15, -0.1) is 0 Å². The third-order valence-electron chi connectivity index (χ3n) is 3.07. The largest absolute Gasteiger partial charge is 0.449 e. The standard InChI is InChI=1S/C17H12Cl4N2O3/c1-9(17(25)23-16-14(21)7-11(18)8-22-16)26-15(24)5-3-10-2-4-12(19)13(20)6-10/h2-9H,1H3,(H,22,23,25). The van der Waals surface area contributed by atoms with Crippen LogP contribution in [0, 0.1) is 0 Å². The van der Waals surface area contributed by atoms with E-state index in [1.165, 1.54) is 31.3 Å². The van der Waals surface area contributed by atoms with E-state index in [9.17, 15) is 9.59 Å². The highest BCUT2D eigenvalue weighted by Gasteiger charge is 2.18. The van der Waals surface area contributed by atoms with E-state index in [-0.39, 0.29) is 10.8 Å². The van der Waals surface area contributed by atoms with E-state index in [2.05, 4.69) is 10.3 Å². The molecule has 0 aliphatic heterocycles. The number of amides is 1. The number of hydrogen-bond acceptors (Lipinski definition) is 4. The van der Waals surface area contributed by atoms with E-state index in [1.54, 1.807) is 18.2 Å². The molecule has 0 bridgehead atoms. The number of halogens is 4. The molecule has 1 atom stereocenters. The van der Waals surface area contributed by atoms with Gasteiger partial charge in [-0.2, -0.15) is 0 Å². The Labute approximate surface area is 169 Å². The fourth-order valence-electron chi connectivity index (χ4n) is 1.77. The van der Waals surface area contributed by atoms with Crippen LogP contribution < -0.4 is 5.32 Å². The zero-order chi connectivity index (χ0) is 19.3. The summed E-state index contributed by atoms with van der Waals surface area (Å²) in [6, 6.07) is 6.32. The molecule has 2 aromatic rings. The van der Waals surface area contributed by atoms with Crippen molar-refractivity contribution >= 4 is 70.2 Å². The van der Waals surface area contributed by atoms with Gasteiger partial charge in [-0.1, -0.05) is 52.5 Å². The van der Waals surface area contributed by atoms with Crippen molar-refractivity contribution < 1.29 is 14.3 Å². The van der Waals surface area contributed by atoms with Crippen molar-refractivity contribution in [2.45, 2.75) is 13.0 Å². The highest BCUT2D eigenvalue weighted by atomic mass is 35.5. The first-order valence-electron chi connectivity index (χ1n) is 7.22. The summed E-state index contributed by atoms with van der Waals surface area (Å²) in [7, 11) is 0. The molecule has 26 heavy (non-hydrogen) atoms. The van der Waals surface area contributed by atoms with Crippen LogP contribution in [0.1, 0.15) is 12.5 Å². The van der Waals surface area contributed by atoms with Gasteiger partial charge in [0.2, 0.25) is 0 Å². The van der Waals surface area contributed by atoms with Gasteiger partial charge in [-0.25, -0.2) is 9.78 Å². The molecule has 0 aliphatic rings. The van der Waals surface area contributed by atoms with Crippen LogP contribution in [0.25, 0.3) is 6.08 Å². The van der Waals surface area contributed by atoms with Crippen LogP contribution in [0.5, 0.6) is 0 Å². The highest BCUT2D eigenvalue weighted by molar-refractivity contribution is 6.42. The van der Waals surface area contributed by atoms with Crippen LogP contribution in [0.15, 0.2) is 36.5 Å². The number of rotatable bonds is 5. The predicted octanol–water partition coefficient (Wildman–Crippen LogP) is 5.28. The Morgan fingerprint density at radius 1 is 1.12 bits per heavy atom. The van der Waals surface area contributed by atoms with Crippen LogP contribution in [0.3, 0.4) is 0 Å². The number of nitrogens with one attached hydrogen (secondary N) is 1. The number of aromatic nitrogens is 1. The van der Waals surface area contributed by atoms with Gasteiger partial charge in [0.15, 0.2) is 11.9 Å². The maximum atomic E-state index is 12.1. The zero-order valence-corrected chi connectivity index (χ0v) is 16.3. The summed E-state index contributed by atoms with van der Waals surface area (Å²) in [6.45, 7) is 1.42. The molecule has 1 unspecified atom stereocenters. The number of ether oxygens (including phenoxy) is 1. The monoisotopic (exact) mass is 432 g/mol. The van der Waals surface area contributed by atoms with E-state index in [4.69, 9.17) is 51.1 Å². The van der Waals surface area contributed by atoms with E-state index < -0.39 is 18.0 Å². The summed E-state index contributed by atoms with van der Waals surface area (Å²) in [5.41, 5.74) is 0.658. The maximum Gasteiger partial charge on any atom is 0.331 e. The van der Waals surface area contributed by atoms with Crippen LogP contribution >= 0.6 is 46.4 Å². The molecule has 0 saturated carbocycles. The number of anilines is 1. The van der Waals surface area contributed by atoms with Crippen LogP contribution in [0.4, 0.5) is 5.82 Å². The number of carbonyl (C=O) groups is 2. The lowest BCUT2D eigenvalue weighted by Gasteiger charge is -2.12. The Morgan fingerprint density at radius 2 is 1.85 bits per heavy atom. The Hall–Kier alpha value is -1.79. The number of carbonyl (C=O) groups excluding carboxylic acids is 2. The molecule has 9 heteroatoms. The second-order valence-electron chi connectivity index (χ2n) is 5.06. The summed E-state index contributed by atoms with van der Waals surface area (Å²) < 4.78 is 5.03. The Morgan fingerprint density at radius 3 is 2.50 bits per heavy atom. The average molecular weight is 434 g/mol. The summed E-state index contributed by atoms with van der Waals surface area (Å²) in [5, 5.41) is 3.73. The van der Waals surface area contributed by atoms with Gasteiger partial charge in [-0.3, -0.25) is 4.79 Å². The first kappa shape index (κ1) is 20.5. The molecule has 5 nitrogen and oxygen atoms in total. The van der Waals surface area contributed by atoms with Crippen molar-refractivity contribution in [3.05, 3.63) is 62.2 Å². The SMILES string of the molecule is CC(OC(=O)C=Cc1ccc(Cl)c(Cl)c1)C(=O)Nc1ncc(Cl)cc1Cl. The Kier molecular flexibility index (Phi) is 7.29. The molecule has 1 amide bonds. The predicted molar refractivity (Wildman–Crippen MR) is 104 cm³/mol. The lowest BCUT2D eigenvalue weighted by molar-refractivity contribution is -0.148. The van der Waals surface area contributed by atoms with Gasteiger partial charge < -0.3 is 10.1 Å². The maximum absolute atomic E-state index is 12.1. The fraction of sp³-hybridized carbons (Fsp3) is 0.118. The van der Waals surface area contributed by atoms with Crippen LogP contribution in [-0.2, 0) is 14.3 Å².